The first-order chi connectivity index (χ1) is 13.2. The van der Waals surface area contributed by atoms with Crippen LogP contribution in [0.4, 0.5) is 0 Å². The van der Waals surface area contributed by atoms with Crippen LogP contribution in [0.5, 0.6) is 0 Å². The van der Waals surface area contributed by atoms with E-state index in [9.17, 15) is 4.79 Å². The van der Waals surface area contributed by atoms with Gasteiger partial charge >= 0.3 is 0 Å². The maximum atomic E-state index is 12.8. The number of carbonyl (C=O) groups excluding carboxylic acids is 1. The Kier molecular flexibility index (Phi) is 5.55. The molecule has 3 nitrogen and oxygen atoms in total. The molecule has 1 N–H and O–H groups in total. The highest BCUT2D eigenvalue weighted by Gasteiger charge is 2.21. The molecule has 2 heterocycles. The standard InChI is InChI=1S/C23H26N2OS/c1-17-9-11-18(12-10-17)15-25-13-5-4-7-20(16-25)24-23(26)22-14-19-6-2-3-8-21(19)27-22/h2-3,6,8-12,14,20H,4-5,7,13,15-16H2,1H3,(H,24,26). The number of amides is 1. The van der Waals surface area contributed by atoms with Gasteiger partial charge in [0.25, 0.3) is 5.91 Å². The first-order valence-electron chi connectivity index (χ1n) is 9.75. The Labute approximate surface area is 165 Å². The summed E-state index contributed by atoms with van der Waals surface area (Å²) in [6.07, 6.45) is 3.42. The summed E-state index contributed by atoms with van der Waals surface area (Å²) >= 11 is 1.58. The number of nitrogens with one attached hydrogen (secondary N) is 1. The molecule has 140 valence electrons. The second-order valence-corrected chi connectivity index (χ2v) is 8.62. The third-order valence-corrected chi connectivity index (χ3v) is 6.38. The number of benzene rings is 2. The minimum Gasteiger partial charge on any atom is -0.347 e. The number of likely N-dealkylation sites (tertiary alicyclic amines) is 1. The Balaban J connectivity index is 1.41. The highest BCUT2D eigenvalue weighted by Crippen LogP contribution is 2.25. The normalized spacial score (nSPS) is 18.3. The van der Waals surface area contributed by atoms with Crippen molar-refractivity contribution in [3.05, 3.63) is 70.6 Å². The molecular formula is C23H26N2OS. The van der Waals surface area contributed by atoms with Crippen LogP contribution < -0.4 is 5.32 Å². The van der Waals surface area contributed by atoms with E-state index in [0.717, 1.165) is 36.3 Å². The molecule has 1 fully saturated rings. The Morgan fingerprint density at radius 2 is 1.96 bits per heavy atom. The summed E-state index contributed by atoms with van der Waals surface area (Å²) in [5, 5.41) is 4.44. The summed E-state index contributed by atoms with van der Waals surface area (Å²) in [6.45, 7) is 5.10. The van der Waals surface area contributed by atoms with Gasteiger partial charge in [0, 0.05) is 23.8 Å². The molecule has 0 saturated carbocycles. The van der Waals surface area contributed by atoms with Gasteiger partial charge in [-0.3, -0.25) is 9.69 Å². The molecule has 1 unspecified atom stereocenters. The quantitative estimate of drug-likeness (QED) is 0.693. The van der Waals surface area contributed by atoms with Crippen molar-refractivity contribution < 1.29 is 4.79 Å². The van der Waals surface area contributed by atoms with Gasteiger partial charge in [0.05, 0.1) is 4.88 Å². The van der Waals surface area contributed by atoms with Crippen molar-refractivity contribution >= 4 is 27.3 Å². The van der Waals surface area contributed by atoms with Gasteiger partial charge in [-0.2, -0.15) is 0 Å². The largest absolute Gasteiger partial charge is 0.347 e. The van der Waals surface area contributed by atoms with E-state index in [2.05, 4.69) is 53.5 Å². The van der Waals surface area contributed by atoms with Crippen LogP contribution in [-0.2, 0) is 6.54 Å². The summed E-state index contributed by atoms with van der Waals surface area (Å²) in [7, 11) is 0. The molecule has 2 aromatic carbocycles. The van der Waals surface area contributed by atoms with E-state index in [4.69, 9.17) is 0 Å². The molecule has 1 aliphatic heterocycles. The van der Waals surface area contributed by atoms with E-state index < -0.39 is 0 Å². The predicted octanol–water partition coefficient (Wildman–Crippen LogP) is 4.99. The minimum absolute atomic E-state index is 0.0679. The average Bonchev–Trinajstić information content (AvgIpc) is 2.99. The van der Waals surface area contributed by atoms with Gasteiger partial charge in [0.15, 0.2) is 0 Å². The van der Waals surface area contributed by atoms with E-state index >= 15 is 0 Å². The number of thiophene rings is 1. The molecule has 0 bridgehead atoms. The lowest BCUT2D eigenvalue weighted by Gasteiger charge is -2.25. The molecule has 0 spiro atoms. The van der Waals surface area contributed by atoms with Crippen LogP contribution in [0.3, 0.4) is 0 Å². The molecule has 1 aliphatic rings. The van der Waals surface area contributed by atoms with Crippen molar-refractivity contribution in [2.45, 2.75) is 38.8 Å². The SMILES string of the molecule is Cc1ccc(CN2CCCCC(NC(=O)c3cc4ccccc4s3)C2)cc1. The summed E-state index contributed by atoms with van der Waals surface area (Å²) in [5.41, 5.74) is 2.64. The van der Waals surface area contributed by atoms with E-state index in [-0.39, 0.29) is 11.9 Å². The van der Waals surface area contributed by atoms with Crippen LogP contribution in [0.1, 0.15) is 40.1 Å². The topological polar surface area (TPSA) is 32.3 Å². The summed E-state index contributed by atoms with van der Waals surface area (Å²) in [4.78, 5) is 16.1. The van der Waals surface area contributed by atoms with Crippen LogP contribution in [-0.4, -0.2) is 29.9 Å². The molecule has 1 amide bonds. The second-order valence-electron chi connectivity index (χ2n) is 7.54. The predicted molar refractivity (Wildman–Crippen MR) is 113 cm³/mol. The van der Waals surface area contributed by atoms with Crippen LogP contribution in [0.2, 0.25) is 0 Å². The number of fused-ring (bicyclic) bond motifs is 1. The molecule has 1 aromatic heterocycles. The maximum Gasteiger partial charge on any atom is 0.261 e. The van der Waals surface area contributed by atoms with E-state index in [1.165, 1.54) is 28.7 Å². The fraction of sp³-hybridized carbons (Fsp3) is 0.348. The number of hydrogen-bond donors (Lipinski definition) is 1. The van der Waals surface area contributed by atoms with E-state index in [1.54, 1.807) is 11.3 Å². The fourth-order valence-electron chi connectivity index (χ4n) is 3.78. The van der Waals surface area contributed by atoms with Gasteiger partial charge in [-0.15, -0.1) is 11.3 Å². The lowest BCUT2D eigenvalue weighted by molar-refractivity contribution is 0.0929. The van der Waals surface area contributed by atoms with Crippen molar-refractivity contribution in [2.24, 2.45) is 0 Å². The van der Waals surface area contributed by atoms with Crippen molar-refractivity contribution in [3.8, 4) is 0 Å². The Bertz CT molecular complexity index is 883. The summed E-state index contributed by atoms with van der Waals surface area (Å²) in [5.74, 6) is 0.0679. The molecule has 4 heteroatoms. The van der Waals surface area contributed by atoms with E-state index in [0.29, 0.717) is 0 Å². The number of hydrogen-bond acceptors (Lipinski definition) is 3. The van der Waals surface area contributed by atoms with Crippen molar-refractivity contribution in [1.82, 2.24) is 10.2 Å². The van der Waals surface area contributed by atoms with Crippen molar-refractivity contribution in [2.75, 3.05) is 13.1 Å². The monoisotopic (exact) mass is 378 g/mol. The Hall–Kier alpha value is -2.17. The molecule has 0 radical (unpaired) electrons. The van der Waals surface area contributed by atoms with Gasteiger partial charge in [-0.05, 0) is 49.4 Å². The molecule has 0 aliphatic carbocycles. The van der Waals surface area contributed by atoms with Crippen LogP contribution in [0, 0.1) is 6.92 Å². The molecule has 1 saturated heterocycles. The van der Waals surface area contributed by atoms with Gasteiger partial charge in [-0.1, -0.05) is 54.4 Å². The summed E-state index contributed by atoms with van der Waals surface area (Å²) in [6, 6.07) is 19.2. The molecular weight excluding hydrogens is 352 g/mol. The van der Waals surface area contributed by atoms with Crippen LogP contribution >= 0.6 is 11.3 Å². The fourth-order valence-corrected chi connectivity index (χ4v) is 4.75. The van der Waals surface area contributed by atoms with Crippen molar-refractivity contribution in [3.63, 3.8) is 0 Å². The zero-order valence-corrected chi connectivity index (χ0v) is 16.6. The van der Waals surface area contributed by atoms with Gasteiger partial charge in [0.1, 0.15) is 0 Å². The number of rotatable bonds is 4. The third kappa shape index (κ3) is 4.57. The molecule has 4 rings (SSSR count). The lowest BCUT2D eigenvalue weighted by Crippen LogP contribution is -2.42. The van der Waals surface area contributed by atoms with Gasteiger partial charge in [0.2, 0.25) is 0 Å². The maximum absolute atomic E-state index is 12.8. The van der Waals surface area contributed by atoms with Gasteiger partial charge in [-0.25, -0.2) is 0 Å². The number of carbonyl (C=O) groups is 1. The smallest absolute Gasteiger partial charge is 0.261 e. The first-order valence-corrected chi connectivity index (χ1v) is 10.6. The zero-order chi connectivity index (χ0) is 18.6. The van der Waals surface area contributed by atoms with E-state index in [1.807, 2.05) is 18.2 Å². The number of nitrogens with zero attached hydrogens (tertiary/aromatic N) is 1. The highest BCUT2D eigenvalue weighted by molar-refractivity contribution is 7.20. The average molecular weight is 379 g/mol. The molecule has 3 aromatic rings. The Morgan fingerprint density at radius 3 is 2.78 bits per heavy atom. The third-order valence-electron chi connectivity index (χ3n) is 5.27. The van der Waals surface area contributed by atoms with Crippen molar-refractivity contribution in [1.29, 1.82) is 0 Å². The molecule has 1 atom stereocenters. The summed E-state index contributed by atoms with van der Waals surface area (Å²) < 4.78 is 1.17. The number of aryl methyl sites for hydroxylation is 1. The first kappa shape index (κ1) is 18.2. The second kappa shape index (κ2) is 8.24. The van der Waals surface area contributed by atoms with Gasteiger partial charge < -0.3 is 5.32 Å². The minimum atomic E-state index is 0.0679. The van der Waals surface area contributed by atoms with Crippen LogP contribution in [0.25, 0.3) is 10.1 Å². The Morgan fingerprint density at radius 1 is 1.15 bits per heavy atom. The lowest BCUT2D eigenvalue weighted by atomic mass is 10.1. The molecule has 27 heavy (non-hydrogen) atoms. The highest BCUT2D eigenvalue weighted by atomic mass is 32.1. The zero-order valence-electron chi connectivity index (χ0n) is 15.8. The van der Waals surface area contributed by atoms with Crippen LogP contribution in [0.15, 0.2) is 54.6 Å².